The van der Waals surface area contributed by atoms with Gasteiger partial charge < -0.3 is 9.73 Å². The molecule has 158 valence electrons. The SMILES string of the molecule is CC(C)C(=O)NC1CCC(CCN2CCCCC2c2coc3cccc-3c2)CC1. The Morgan fingerprint density at radius 3 is 2.79 bits per heavy atom. The molecule has 2 aliphatic heterocycles. The third kappa shape index (κ3) is 5.03. The summed E-state index contributed by atoms with van der Waals surface area (Å²) in [5.74, 6) is 2.07. The van der Waals surface area contributed by atoms with Crippen molar-refractivity contribution in [3.8, 4) is 11.3 Å². The third-order valence-corrected chi connectivity index (χ3v) is 6.99. The van der Waals surface area contributed by atoms with Crippen molar-refractivity contribution in [1.29, 1.82) is 0 Å². The molecule has 2 heterocycles. The van der Waals surface area contributed by atoms with Crippen LogP contribution >= 0.6 is 0 Å². The van der Waals surface area contributed by atoms with Crippen LogP contribution in [-0.2, 0) is 4.79 Å². The molecule has 1 amide bonds. The molecule has 29 heavy (non-hydrogen) atoms. The zero-order chi connectivity index (χ0) is 20.2. The summed E-state index contributed by atoms with van der Waals surface area (Å²) in [6, 6.07) is 9.46. The van der Waals surface area contributed by atoms with E-state index in [2.05, 4.69) is 28.4 Å². The molecule has 2 fully saturated rings. The van der Waals surface area contributed by atoms with E-state index in [1.165, 1.54) is 62.7 Å². The lowest BCUT2D eigenvalue weighted by molar-refractivity contribution is -0.125. The summed E-state index contributed by atoms with van der Waals surface area (Å²) in [7, 11) is 0. The maximum Gasteiger partial charge on any atom is 0.222 e. The van der Waals surface area contributed by atoms with Crippen LogP contribution in [0.4, 0.5) is 0 Å². The Balaban J connectivity index is 1.29. The molecule has 0 bridgehead atoms. The van der Waals surface area contributed by atoms with E-state index in [1.807, 2.05) is 26.2 Å². The number of nitrogens with zero attached hydrogens (tertiary/aromatic N) is 1. The molecular formula is C25H36N2O2. The number of rotatable bonds is 6. The van der Waals surface area contributed by atoms with Crippen molar-refractivity contribution in [2.45, 2.75) is 77.3 Å². The average Bonchev–Trinajstić information content (AvgIpc) is 3.21. The molecule has 0 aromatic heterocycles. The summed E-state index contributed by atoms with van der Waals surface area (Å²) in [6.07, 6.45) is 11.9. The molecule has 1 saturated carbocycles. The molecule has 1 N–H and O–H groups in total. The minimum absolute atomic E-state index is 0.0862. The fraction of sp³-hybridized carbons (Fsp3) is 0.640. The van der Waals surface area contributed by atoms with Gasteiger partial charge in [0.05, 0.1) is 6.26 Å². The third-order valence-electron chi connectivity index (χ3n) is 6.99. The quantitative estimate of drug-likeness (QED) is 0.688. The largest absolute Gasteiger partial charge is 0.464 e. The number of hydrogen-bond acceptors (Lipinski definition) is 3. The molecular weight excluding hydrogens is 360 g/mol. The molecule has 4 heteroatoms. The summed E-state index contributed by atoms with van der Waals surface area (Å²) in [6.45, 7) is 6.32. The molecule has 1 unspecified atom stereocenters. The molecule has 2 aliphatic carbocycles. The van der Waals surface area contributed by atoms with E-state index in [9.17, 15) is 4.79 Å². The lowest BCUT2D eigenvalue weighted by Gasteiger charge is -2.37. The summed E-state index contributed by atoms with van der Waals surface area (Å²) >= 11 is 0. The Labute approximate surface area is 175 Å². The van der Waals surface area contributed by atoms with Crippen molar-refractivity contribution >= 4 is 5.91 Å². The first-order chi connectivity index (χ1) is 14.1. The number of carbonyl (C=O) groups excluding carboxylic acids is 1. The number of piperidine rings is 1. The summed E-state index contributed by atoms with van der Waals surface area (Å²) in [5.41, 5.74) is 2.55. The predicted octanol–water partition coefficient (Wildman–Crippen LogP) is 5.63. The van der Waals surface area contributed by atoms with Gasteiger partial charge in [-0.25, -0.2) is 0 Å². The van der Waals surface area contributed by atoms with Crippen molar-refractivity contribution in [2.24, 2.45) is 11.8 Å². The van der Waals surface area contributed by atoms with Gasteiger partial charge in [0, 0.05) is 29.1 Å². The predicted molar refractivity (Wildman–Crippen MR) is 117 cm³/mol. The maximum absolute atomic E-state index is 11.9. The topological polar surface area (TPSA) is 45.5 Å². The van der Waals surface area contributed by atoms with E-state index in [0.717, 1.165) is 24.5 Å². The Bertz CT molecular complexity index is 760. The van der Waals surface area contributed by atoms with Crippen molar-refractivity contribution in [3.63, 3.8) is 0 Å². The first kappa shape index (κ1) is 20.5. The molecule has 0 aromatic carbocycles. The van der Waals surface area contributed by atoms with Crippen molar-refractivity contribution < 1.29 is 9.21 Å². The lowest BCUT2D eigenvalue weighted by atomic mass is 9.83. The monoisotopic (exact) mass is 396 g/mol. The van der Waals surface area contributed by atoms with Gasteiger partial charge in [-0.15, -0.1) is 0 Å². The van der Waals surface area contributed by atoms with E-state index in [1.54, 1.807) is 0 Å². The minimum atomic E-state index is 0.0862. The standard InChI is InChI=1S/C25H36N2O2/c1-18(2)25(28)26-22-11-9-19(10-12-22)13-15-27-14-4-3-7-23(27)21-16-20-6-5-8-24(20)29-17-21/h5-6,8,16-19,22-23H,3-4,7,9-15H2,1-2H3,(H,26,28). The number of hydrogen-bond donors (Lipinski definition) is 1. The Kier molecular flexibility index (Phi) is 6.59. The van der Waals surface area contributed by atoms with Crippen molar-refractivity contribution in [2.75, 3.05) is 13.1 Å². The molecule has 4 nitrogen and oxygen atoms in total. The lowest BCUT2D eigenvalue weighted by Crippen LogP contribution is -2.40. The van der Waals surface area contributed by atoms with Crippen LogP contribution in [-0.4, -0.2) is 29.9 Å². The number of nitrogens with one attached hydrogen (secondary N) is 1. The van der Waals surface area contributed by atoms with Crippen molar-refractivity contribution in [1.82, 2.24) is 10.2 Å². The summed E-state index contributed by atoms with van der Waals surface area (Å²) < 4.78 is 5.88. The van der Waals surface area contributed by atoms with Crippen molar-refractivity contribution in [3.05, 3.63) is 36.1 Å². The van der Waals surface area contributed by atoms with E-state index in [0.29, 0.717) is 12.1 Å². The highest BCUT2D eigenvalue weighted by atomic mass is 16.3. The smallest absolute Gasteiger partial charge is 0.222 e. The highest BCUT2D eigenvalue weighted by molar-refractivity contribution is 5.78. The van der Waals surface area contributed by atoms with Gasteiger partial charge in [-0.2, -0.15) is 0 Å². The molecule has 0 radical (unpaired) electrons. The Hall–Kier alpha value is -1.81. The number of likely N-dealkylation sites (tertiary alicyclic amines) is 1. The van der Waals surface area contributed by atoms with Crippen LogP contribution < -0.4 is 5.32 Å². The molecule has 1 saturated heterocycles. The highest BCUT2D eigenvalue weighted by Crippen LogP contribution is 2.36. The van der Waals surface area contributed by atoms with Gasteiger partial charge in [0.1, 0.15) is 5.76 Å². The van der Waals surface area contributed by atoms with Crippen LogP contribution in [0.1, 0.15) is 76.8 Å². The van der Waals surface area contributed by atoms with Crippen LogP contribution in [0.25, 0.3) is 11.3 Å². The average molecular weight is 397 g/mol. The normalized spacial score (nSPS) is 26.1. The van der Waals surface area contributed by atoms with Crippen LogP contribution in [0, 0.1) is 11.8 Å². The zero-order valence-electron chi connectivity index (χ0n) is 18.0. The molecule has 4 aliphatic rings. The van der Waals surface area contributed by atoms with Crippen LogP contribution in [0.3, 0.4) is 0 Å². The number of carbonyl (C=O) groups is 1. The summed E-state index contributed by atoms with van der Waals surface area (Å²) in [5, 5.41) is 3.23. The molecule has 1 atom stereocenters. The Morgan fingerprint density at radius 2 is 2.00 bits per heavy atom. The van der Waals surface area contributed by atoms with Gasteiger partial charge in [-0.3, -0.25) is 9.69 Å². The first-order valence-electron chi connectivity index (χ1n) is 11.6. The molecule has 0 spiro atoms. The van der Waals surface area contributed by atoms with Gasteiger partial charge in [0.2, 0.25) is 5.91 Å². The fourth-order valence-corrected chi connectivity index (χ4v) is 5.11. The maximum atomic E-state index is 11.9. The van der Waals surface area contributed by atoms with Gasteiger partial charge >= 0.3 is 0 Å². The van der Waals surface area contributed by atoms with Gasteiger partial charge in [-0.1, -0.05) is 32.4 Å². The van der Waals surface area contributed by atoms with Gasteiger partial charge in [0.15, 0.2) is 0 Å². The second kappa shape index (κ2) is 9.34. The molecule has 0 aromatic rings. The van der Waals surface area contributed by atoms with Crippen LogP contribution in [0.2, 0.25) is 0 Å². The van der Waals surface area contributed by atoms with Crippen LogP contribution in [0.5, 0.6) is 0 Å². The summed E-state index contributed by atoms with van der Waals surface area (Å²) in [4.78, 5) is 14.6. The van der Waals surface area contributed by atoms with E-state index in [-0.39, 0.29) is 11.8 Å². The minimum Gasteiger partial charge on any atom is -0.464 e. The van der Waals surface area contributed by atoms with E-state index >= 15 is 0 Å². The highest BCUT2D eigenvalue weighted by Gasteiger charge is 2.28. The van der Waals surface area contributed by atoms with Crippen LogP contribution in [0.15, 0.2) is 34.9 Å². The second-order valence-corrected chi connectivity index (χ2v) is 9.44. The Morgan fingerprint density at radius 1 is 1.17 bits per heavy atom. The zero-order valence-corrected chi connectivity index (χ0v) is 18.0. The second-order valence-electron chi connectivity index (χ2n) is 9.44. The number of fused-ring (bicyclic) bond motifs is 1. The first-order valence-corrected chi connectivity index (χ1v) is 11.6. The van der Waals surface area contributed by atoms with Gasteiger partial charge in [-0.05, 0) is 76.1 Å². The van der Waals surface area contributed by atoms with Gasteiger partial charge in [0.25, 0.3) is 0 Å². The molecule has 4 rings (SSSR count). The fourth-order valence-electron chi connectivity index (χ4n) is 5.11. The van der Waals surface area contributed by atoms with E-state index in [4.69, 9.17) is 4.42 Å². The van der Waals surface area contributed by atoms with E-state index < -0.39 is 0 Å². The number of amides is 1.